The largest absolute Gasteiger partial charge is 0.478 e. The maximum atomic E-state index is 11.8. The molecule has 0 saturated heterocycles. The first-order chi connectivity index (χ1) is 8.59. The SMILES string of the molecule is O=C(O)c1ccc2c3c(cccc13)C(=O)CC2=O. The molecule has 0 unspecified atom stereocenters. The molecule has 0 aromatic heterocycles. The lowest BCUT2D eigenvalue weighted by Gasteiger charge is -2.16. The predicted molar refractivity (Wildman–Crippen MR) is 64.2 cm³/mol. The summed E-state index contributed by atoms with van der Waals surface area (Å²) in [6, 6.07) is 7.80. The quantitative estimate of drug-likeness (QED) is 0.776. The Hall–Kier alpha value is -2.49. The highest BCUT2D eigenvalue weighted by molar-refractivity contribution is 6.29. The third-order valence-corrected chi connectivity index (χ3v) is 3.19. The van der Waals surface area contributed by atoms with E-state index in [0.717, 1.165) is 0 Å². The Kier molecular flexibility index (Phi) is 2.07. The number of carboxylic acid groups (broad SMARTS) is 1. The zero-order chi connectivity index (χ0) is 12.9. The van der Waals surface area contributed by atoms with Gasteiger partial charge in [-0.05, 0) is 17.5 Å². The Morgan fingerprint density at radius 3 is 2.33 bits per heavy atom. The molecule has 0 aliphatic heterocycles. The van der Waals surface area contributed by atoms with Crippen LogP contribution >= 0.6 is 0 Å². The van der Waals surface area contributed by atoms with Crippen LogP contribution in [0.25, 0.3) is 10.8 Å². The molecule has 1 N–H and O–H groups in total. The van der Waals surface area contributed by atoms with Crippen LogP contribution in [0.2, 0.25) is 0 Å². The lowest BCUT2D eigenvalue weighted by atomic mass is 9.85. The first kappa shape index (κ1) is 10.7. The molecule has 0 atom stereocenters. The summed E-state index contributed by atoms with van der Waals surface area (Å²) in [5.41, 5.74) is 0.980. The Balaban J connectivity index is 2.53. The van der Waals surface area contributed by atoms with Crippen LogP contribution in [-0.2, 0) is 0 Å². The fourth-order valence-corrected chi connectivity index (χ4v) is 2.39. The van der Waals surface area contributed by atoms with E-state index in [0.29, 0.717) is 21.9 Å². The van der Waals surface area contributed by atoms with Crippen LogP contribution < -0.4 is 0 Å². The molecule has 4 nitrogen and oxygen atoms in total. The van der Waals surface area contributed by atoms with E-state index in [2.05, 4.69) is 0 Å². The van der Waals surface area contributed by atoms with Gasteiger partial charge in [0.25, 0.3) is 0 Å². The van der Waals surface area contributed by atoms with Crippen LogP contribution in [0, 0.1) is 0 Å². The third kappa shape index (κ3) is 1.29. The molecule has 3 rings (SSSR count). The van der Waals surface area contributed by atoms with E-state index in [1.54, 1.807) is 18.2 Å². The summed E-state index contributed by atoms with van der Waals surface area (Å²) < 4.78 is 0. The number of carbonyl (C=O) groups is 3. The molecule has 88 valence electrons. The van der Waals surface area contributed by atoms with Gasteiger partial charge in [0.2, 0.25) is 0 Å². The van der Waals surface area contributed by atoms with Gasteiger partial charge in [-0.2, -0.15) is 0 Å². The van der Waals surface area contributed by atoms with E-state index < -0.39 is 5.97 Å². The second-order valence-electron chi connectivity index (χ2n) is 4.22. The lowest BCUT2D eigenvalue weighted by Crippen LogP contribution is -2.17. The third-order valence-electron chi connectivity index (χ3n) is 3.19. The molecule has 1 aliphatic carbocycles. The van der Waals surface area contributed by atoms with Gasteiger partial charge in [-0.1, -0.05) is 18.2 Å². The second-order valence-corrected chi connectivity index (χ2v) is 4.22. The molecule has 4 heteroatoms. The lowest BCUT2D eigenvalue weighted by molar-refractivity contribution is 0.0697. The molecular weight excluding hydrogens is 232 g/mol. The maximum absolute atomic E-state index is 11.8. The minimum absolute atomic E-state index is 0.109. The van der Waals surface area contributed by atoms with E-state index >= 15 is 0 Å². The minimum Gasteiger partial charge on any atom is -0.478 e. The van der Waals surface area contributed by atoms with E-state index in [1.807, 2.05) is 0 Å². The Bertz CT molecular complexity index is 708. The van der Waals surface area contributed by atoms with Gasteiger partial charge in [0.05, 0.1) is 12.0 Å². The van der Waals surface area contributed by atoms with E-state index in [9.17, 15) is 14.4 Å². The van der Waals surface area contributed by atoms with Crippen molar-refractivity contribution in [2.75, 3.05) is 0 Å². The number of hydrogen-bond donors (Lipinski definition) is 1. The molecule has 2 aromatic carbocycles. The Labute approximate surface area is 102 Å². The van der Waals surface area contributed by atoms with E-state index in [1.165, 1.54) is 12.1 Å². The van der Waals surface area contributed by atoms with Gasteiger partial charge in [0.1, 0.15) is 0 Å². The van der Waals surface area contributed by atoms with Gasteiger partial charge in [-0.15, -0.1) is 0 Å². The smallest absolute Gasteiger partial charge is 0.336 e. The number of benzene rings is 2. The summed E-state index contributed by atoms with van der Waals surface area (Å²) in [7, 11) is 0. The number of hydrogen-bond acceptors (Lipinski definition) is 3. The Morgan fingerprint density at radius 1 is 1.00 bits per heavy atom. The van der Waals surface area contributed by atoms with Crippen LogP contribution in [0.15, 0.2) is 30.3 Å². The molecule has 2 aromatic rings. The highest BCUT2D eigenvalue weighted by Crippen LogP contribution is 2.31. The molecule has 0 amide bonds. The zero-order valence-electron chi connectivity index (χ0n) is 9.27. The highest BCUT2D eigenvalue weighted by atomic mass is 16.4. The maximum Gasteiger partial charge on any atom is 0.336 e. The van der Waals surface area contributed by atoms with Crippen LogP contribution in [-0.4, -0.2) is 22.6 Å². The van der Waals surface area contributed by atoms with Crippen LogP contribution in [0.1, 0.15) is 37.5 Å². The predicted octanol–water partition coefficient (Wildman–Crippen LogP) is 2.31. The van der Waals surface area contributed by atoms with Gasteiger partial charge < -0.3 is 5.11 Å². The summed E-state index contributed by atoms with van der Waals surface area (Å²) in [4.78, 5) is 34.7. The van der Waals surface area contributed by atoms with Gasteiger partial charge >= 0.3 is 5.97 Å². The van der Waals surface area contributed by atoms with Crippen LogP contribution in [0.4, 0.5) is 0 Å². The number of carboxylic acids is 1. The van der Waals surface area contributed by atoms with Crippen molar-refractivity contribution in [2.45, 2.75) is 6.42 Å². The van der Waals surface area contributed by atoms with Crippen molar-refractivity contribution in [1.29, 1.82) is 0 Å². The molecule has 0 saturated carbocycles. The van der Waals surface area contributed by atoms with Crippen molar-refractivity contribution in [2.24, 2.45) is 0 Å². The first-order valence-electron chi connectivity index (χ1n) is 5.45. The van der Waals surface area contributed by atoms with Crippen molar-refractivity contribution in [3.05, 3.63) is 47.0 Å². The summed E-state index contributed by atoms with van der Waals surface area (Å²) >= 11 is 0. The first-order valence-corrected chi connectivity index (χ1v) is 5.45. The van der Waals surface area contributed by atoms with Gasteiger partial charge in [-0.3, -0.25) is 9.59 Å². The average Bonchev–Trinajstić information content (AvgIpc) is 2.34. The molecule has 0 fully saturated rings. The van der Waals surface area contributed by atoms with Gasteiger partial charge in [-0.25, -0.2) is 4.79 Å². The second kappa shape index (κ2) is 3.50. The topological polar surface area (TPSA) is 71.4 Å². The molecular formula is C14H8O4. The minimum atomic E-state index is -1.07. The van der Waals surface area contributed by atoms with Crippen molar-refractivity contribution < 1.29 is 19.5 Å². The summed E-state index contributed by atoms with van der Waals surface area (Å²) in [6.45, 7) is 0. The van der Waals surface area contributed by atoms with Crippen molar-refractivity contribution in [1.82, 2.24) is 0 Å². The normalized spacial score (nSPS) is 14.0. The van der Waals surface area contributed by atoms with E-state index in [-0.39, 0.29) is 23.6 Å². The molecule has 0 heterocycles. The Morgan fingerprint density at radius 2 is 1.67 bits per heavy atom. The van der Waals surface area contributed by atoms with Crippen molar-refractivity contribution in [3.8, 4) is 0 Å². The standard InChI is InChI=1S/C14H8O4/c15-11-6-12(16)10-5-4-8(14(17)18)7-2-1-3-9(11)13(7)10/h1-5H,6H2,(H,17,18). The van der Waals surface area contributed by atoms with Gasteiger partial charge in [0.15, 0.2) is 11.6 Å². The van der Waals surface area contributed by atoms with Crippen molar-refractivity contribution >= 4 is 28.3 Å². The fourth-order valence-electron chi connectivity index (χ4n) is 2.39. The molecule has 18 heavy (non-hydrogen) atoms. The van der Waals surface area contributed by atoms with Crippen LogP contribution in [0.3, 0.4) is 0 Å². The number of ketones is 2. The highest BCUT2D eigenvalue weighted by Gasteiger charge is 2.26. The van der Waals surface area contributed by atoms with Crippen LogP contribution in [0.5, 0.6) is 0 Å². The monoisotopic (exact) mass is 240 g/mol. The number of aromatic carboxylic acids is 1. The molecule has 1 aliphatic rings. The summed E-state index contributed by atoms with van der Waals surface area (Å²) in [5.74, 6) is -1.56. The van der Waals surface area contributed by atoms with E-state index in [4.69, 9.17) is 5.11 Å². The van der Waals surface area contributed by atoms with Crippen molar-refractivity contribution in [3.63, 3.8) is 0 Å². The molecule has 0 bridgehead atoms. The summed E-state index contributed by atoms with van der Waals surface area (Å²) in [5, 5.41) is 10.0. The fraction of sp³-hybridized carbons (Fsp3) is 0.0714. The number of rotatable bonds is 1. The van der Waals surface area contributed by atoms with Gasteiger partial charge in [0, 0.05) is 16.5 Å². The molecule has 0 spiro atoms. The molecule has 0 radical (unpaired) electrons. The number of carbonyl (C=O) groups excluding carboxylic acids is 2. The average molecular weight is 240 g/mol. The summed E-state index contributed by atoms with van der Waals surface area (Å²) in [6.07, 6.45) is -0.140. The number of Topliss-reactive ketones (excluding diaryl/α,β-unsaturated/α-hetero) is 2. The zero-order valence-corrected chi connectivity index (χ0v) is 9.27.